The number of nitrogens with zero attached hydrogens (tertiary/aromatic N) is 1. The molecule has 0 aromatic rings. The van der Waals surface area contributed by atoms with Crippen molar-refractivity contribution in [2.24, 2.45) is 0 Å². The van der Waals surface area contributed by atoms with Crippen molar-refractivity contribution in [2.75, 3.05) is 6.61 Å². The summed E-state index contributed by atoms with van der Waals surface area (Å²) in [7, 11) is 0. The zero-order valence-electron chi connectivity index (χ0n) is 4.59. The van der Waals surface area contributed by atoms with Crippen LogP contribution in [0.25, 0.3) is 4.85 Å². The van der Waals surface area contributed by atoms with Crippen molar-refractivity contribution in [3.8, 4) is 0 Å². The summed E-state index contributed by atoms with van der Waals surface area (Å²) in [6.07, 6.45) is 0.920. The first kappa shape index (κ1) is 6.83. The number of aliphatic hydroxyl groups is 1. The summed E-state index contributed by atoms with van der Waals surface area (Å²) in [5, 5.41) is 8.47. The molecule has 0 atom stereocenters. The Morgan fingerprint density at radius 2 is 2.62 bits per heavy atom. The van der Waals surface area contributed by atoms with Crippen LogP contribution in [-0.2, 0) is 4.74 Å². The molecule has 0 bridgehead atoms. The van der Waals surface area contributed by atoms with Gasteiger partial charge in [-0.15, -0.1) is 0 Å². The van der Waals surface area contributed by atoms with E-state index in [4.69, 9.17) is 11.7 Å². The molecule has 0 aliphatic rings. The van der Waals surface area contributed by atoms with Crippen LogP contribution in [0.15, 0.2) is 12.1 Å². The molecule has 44 valence electrons. The van der Waals surface area contributed by atoms with Crippen LogP contribution >= 0.6 is 0 Å². The zero-order chi connectivity index (χ0) is 6.41. The van der Waals surface area contributed by atoms with Gasteiger partial charge in [0.25, 0.3) is 5.95 Å². The fraction of sp³-hybridized carbons (Fsp3) is 0.400. The summed E-state index contributed by atoms with van der Waals surface area (Å²) in [5.74, 6) is -0.317. The van der Waals surface area contributed by atoms with Gasteiger partial charge >= 0.3 is 0 Å². The van der Waals surface area contributed by atoms with Gasteiger partial charge in [0.2, 0.25) is 6.20 Å². The Morgan fingerprint density at radius 1 is 2.00 bits per heavy atom. The number of hydrogen-bond acceptors (Lipinski definition) is 2. The highest BCUT2D eigenvalue weighted by Crippen LogP contribution is 1.89. The van der Waals surface area contributed by atoms with E-state index in [1.807, 2.05) is 0 Å². The lowest BCUT2D eigenvalue weighted by Gasteiger charge is -1.95. The molecule has 1 N–H and O–H groups in total. The average Bonchev–Trinajstić information content (AvgIpc) is 1.68. The predicted molar refractivity (Wildman–Crippen MR) is 28.9 cm³/mol. The highest BCUT2D eigenvalue weighted by molar-refractivity contribution is 4.89. The molecule has 0 amide bonds. The van der Waals surface area contributed by atoms with E-state index in [9.17, 15) is 0 Å². The van der Waals surface area contributed by atoms with Gasteiger partial charge in [-0.25, -0.2) is 4.85 Å². The number of ether oxygens (including phenoxy) is 1. The Hall–Kier alpha value is -1.17. The molecule has 0 saturated carbocycles. The lowest BCUT2D eigenvalue weighted by Crippen LogP contribution is -1.87. The van der Waals surface area contributed by atoms with Crippen molar-refractivity contribution in [3.63, 3.8) is 0 Å². The van der Waals surface area contributed by atoms with Crippen LogP contribution in [-0.4, -0.2) is 11.7 Å². The second-order valence-corrected chi connectivity index (χ2v) is 1.03. The first-order chi connectivity index (χ1) is 3.81. The molecule has 8 heavy (non-hydrogen) atoms. The lowest BCUT2D eigenvalue weighted by molar-refractivity contribution is 0.102. The van der Waals surface area contributed by atoms with Crippen LogP contribution in [0.3, 0.4) is 0 Å². The molecule has 3 heteroatoms. The molecule has 0 aromatic heterocycles. The topological polar surface area (TPSA) is 33.8 Å². The molecule has 0 unspecified atom stereocenters. The predicted octanol–water partition coefficient (Wildman–Crippen LogP) is 1.30. The molecule has 0 radical (unpaired) electrons. The fourth-order valence-electron chi connectivity index (χ4n) is 0.240. The Balaban J connectivity index is 3.49. The van der Waals surface area contributed by atoms with Crippen molar-refractivity contribution < 1.29 is 9.84 Å². The van der Waals surface area contributed by atoms with E-state index in [0.29, 0.717) is 6.61 Å². The maximum Gasteiger partial charge on any atom is 0.270 e. The van der Waals surface area contributed by atoms with Crippen LogP contribution < -0.4 is 0 Å². The summed E-state index contributed by atoms with van der Waals surface area (Å²) in [6, 6.07) is 0. The van der Waals surface area contributed by atoms with Gasteiger partial charge in [0, 0.05) is 0 Å². The minimum Gasteiger partial charge on any atom is -0.490 e. The second-order valence-electron chi connectivity index (χ2n) is 1.03. The highest BCUT2D eigenvalue weighted by Gasteiger charge is 1.84. The first-order valence-electron chi connectivity index (χ1n) is 2.19. The summed E-state index contributed by atoms with van der Waals surface area (Å²) in [6.45, 7) is 8.34. The molecule has 0 spiro atoms. The van der Waals surface area contributed by atoms with Crippen LogP contribution in [0.1, 0.15) is 6.92 Å². The van der Waals surface area contributed by atoms with E-state index in [2.05, 4.69) is 9.58 Å². The third-order valence-corrected chi connectivity index (χ3v) is 0.467. The first-order valence-corrected chi connectivity index (χ1v) is 2.19. The van der Waals surface area contributed by atoms with E-state index in [1.54, 1.807) is 6.92 Å². The van der Waals surface area contributed by atoms with Gasteiger partial charge in [0.05, 0.1) is 13.2 Å². The van der Waals surface area contributed by atoms with Gasteiger partial charge in [0.1, 0.15) is 0 Å². The third kappa shape index (κ3) is 3.04. The molecule has 0 fully saturated rings. The average molecular weight is 113 g/mol. The molecule has 0 rings (SSSR count). The van der Waals surface area contributed by atoms with Crippen molar-refractivity contribution in [1.29, 1.82) is 0 Å². The highest BCUT2D eigenvalue weighted by atomic mass is 16.6. The van der Waals surface area contributed by atoms with E-state index in [1.165, 1.54) is 0 Å². The van der Waals surface area contributed by atoms with Crippen molar-refractivity contribution in [2.45, 2.75) is 6.92 Å². The number of hydrogen-bond donors (Lipinski definition) is 1. The van der Waals surface area contributed by atoms with Crippen LogP contribution in [0.2, 0.25) is 0 Å². The van der Waals surface area contributed by atoms with E-state index < -0.39 is 0 Å². The summed E-state index contributed by atoms with van der Waals surface area (Å²) in [4.78, 5) is 2.77. The van der Waals surface area contributed by atoms with Crippen molar-refractivity contribution in [1.82, 2.24) is 0 Å². The Bertz CT molecular complexity index is 123. The van der Waals surface area contributed by atoms with E-state index in [-0.39, 0.29) is 5.95 Å². The Morgan fingerprint density at radius 3 is 3.00 bits per heavy atom. The minimum atomic E-state index is -0.317. The summed E-state index contributed by atoms with van der Waals surface area (Å²) in [5.41, 5.74) is 0. The van der Waals surface area contributed by atoms with Crippen LogP contribution in [0, 0.1) is 6.57 Å². The van der Waals surface area contributed by atoms with Gasteiger partial charge in [-0.2, -0.15) is 0 Å². The quantitative estimate of drug-likeness (QED) is 0.432. The number of rotatable bonds is 2. The van der Waals surface area contributed by atoms with Gasteiger partial charge in [0.15, 0.2) is 0 Å². The molecular formula is C5H7NO2. The maximum absolute atomic E-state index is 8.47. The van der Waals surface area contributed by atoms with E-state index >= 15 is 0 Å². The third-order valence-electron chi connectivity index (χ3n) is 0.467. The smallest absolute Gasteiger partial charge is 0.270 e. The van der Waals surface area contributed by atoms with Gasteiger partial charge in [-0.05, 0) is 6.92 Å². The lowest BCUT2D eigenvalue weighted by atomic mass is 10.8. The molecular weight excluding hydrogens is 106 g/mol. The molecule has 0 saturated heterocycles. The summed E-state index contributed by atoms with van der Waals surface area (Å²) < 4.78 is 4.49. The molecule has 0 aliphatic heterocycles. The monoisotopic (exact) mass is 113 g/mol. The van der Waals surface area contributed by atoms with Crippen molar-refractivity contribution >= 4 is 0 Å². The summed E-state index contributed by atoms with van der Waals surface area (Å²) >= 11 is 0. The second kappa shape index (κ2) is 4.00. The standard InChI is InChI=1S/C5H7NO2/c1-3-8-5(7)4-6-2/h4,7H,3H2,1H3/b5-4+. The largest absolute Gasteiger partial charge is 0.490 e. The normalized spacial score (nSPS) is 10.2. The van der Waals surface area contributed by atoms with E-state index in [0.717, 1.165) is 6.20 Å². The molecule has 0 aliphatic carbocycles. The Labute approximate surface area is 48.0 Å². The van der Waals surface area contributed by atoms with Gasteiger partial charge in [-0.3, -0.25) is 0 Å². The fourth-order valence-corrected chi connectivity index (χ4v) is 0.240. The molecule has 0 heterocycles. The molecule has 0 aromatic carbocycles. The zero-order valence-corrected chi connectivity index (χ0v) is 4.59. The maximum atomic E-state index is 8.47. The van der Waals surface area contributed by atoms with Gasteiger partial charge < -0.3 is 9.84 Å². The van der Waals surface area contributed by atoms with Crippen LogP contribution in [0.5, 0.6) is 0 Å². The van der Waals surface area contributed by atoms with Crippen molar-refractivity contribution in [3.05, 3.63) is 23.6 Å². The minimum absolute atomic E-state index is 0.317. The molecule has 3 nitrogen and oxygen atoms in total. The Kier molecular flexibility index (Phi) is 3.42. The van der Waals surface area contributed by atoms with Gasteiger partial charge in [-0.1, -0.05) is 0 Å². The number of aliphatic hydroxyl groups excluding tert-OH is 1. The SMILES string of the molecule is [C-]#[N+]/C=C(\O)OCC. The van der Waals surface area contributed by atoms with Crippen LogP contribution in [0.4, 0.5) is 0 Å².